The summed E-state index contributed by atoms with van der Waals surface area (Å²) in [5.74, 6) is 4.96. The lowest BCUT2D eigenvalue weighted by Gasteiger charge is -2.13. The lowest BCUT2D eigenvalue weighted by Crippen LogP contribution is -3.19. The predicted octanol–water partition coefficient (Wildman–Crippen LogP) is -4.38. The zero-order valence-corrected chi connectivity index (χ0v) is 5.43. The molecule has 9 heteroatoms. The first-order valence-electron chi connectivity index (χ1n) is 1.98. The molecule has 0 aromatic carbocycles. The third-order valence-corrected chi connectivity index (χ3v) is 1.24. The highest BCUT2D eigenvalue weighted by atomic mass is 31.0. The van der Waals surface area contributed by atoms with Crippen molar-refractivity contribution in [1.82, 2.24) is 10.1 Å². The molecule has 0 bridgehead atoms. The van der Waals surface area contributed by atoms with Crippen LogP contribution < -0.4 is 16.5 Å². The monoisotopic (exact) mass is 155 g/mol. The lowest BCUT2D eigenvalue weighted by atomic mass is 12.1. The van der Waals surface area contributed by atoms with E-state index >= 15 is 0 Å². The van der Waals surface area contributed by atoms with E-state index in [1.807, 2.05) is 9.39 Å². The number of nitrogens with zero attached hydrogens (tertiary/aromatic N) is 2. The van der Waals surface area contributed by atoms with Crippen molar-refractivity contribution < 1.29 is 15.6 Å². The zero-order chi connectivity index (χ0) is 7.02. The number of hydrogen-bond acceptors (Lipinski definition) is 6. The van der Waals surface area contributed by atoms with E-state index in [1.54, 1.807) is 0 Å². The van der Waals surface area contributed by atoms with Crippen LogP contribution in [0.3, 0.4) is 0 Å². The molecule has 0 aliphatic carbocycles. The minimum Gasteiger partial charge on any atom is -0.573 e. The van der Waals surface area contributed by atoms with Crippen LogP contribution in [-0.2, 0) is 4.94 Å². The van der Waals surface area contributed by atoms with Crippen LogP contribution in [0.1, 0.15) is 0 Å². The van der Waals surface area contributed by atoms with E-state index in [0.717, 1.165) is 4.89 Å². The number of hydrogen-bond donors (Lipinski definition) is 3. The molecule has 3 unspecified atom stereocenters. The summed E-state index contributed by atoms with van der Waals surface area (Å²) >= 11 is 0. The van der Waals surface area contributed by atoms with Crippen LogP contribution in [0.15, 0.2) is 0 Å². The second-order valence-electron chi connectivity index (χ2n) is 1.32. The average Bonchev–Trinajstić information content (AvgIpc) is 1.98. The number of quaternary nitrogens is 2. The van der Waals surface area contributed by atoms with Crippen LogP contribution in [0.5, 0.6) is 0 Å². The van der Waals surface area contributed by atoms with Gasteiger partial charge in [0, 0.05) is 19.2 Å². The fraction of sp³-hybridized carbons (Fsp3) is 0. The summed E-state index contributed by atoms with van der Waals surface area (Å²) in [6.07, 6.45) is 0. The molecule has 9 heavy (non-hydrogen) atoms. The van der Waals surface area contributed by atoms with E-state index in [-0.39, 0.29) is 0 Å². The van der Waals surface area contributed by atoms with Crippen molar-refractivity contribution in [3.63, 3.8) is 0 Å². The minimum absolute atomic E-state index is 0.549. The van der Waals surface area contributed by atoms with Gasteiger partial charge in [-0.05, 0) is 0 Å². The summed E-state index contributed by atoms with van der Waals surface area (Å²) in [4.78, 5) is 4.79. The van der Waals surface area contributed by atoms with E-state index in [2.05, 4.69) is 4.94 Å². The first-order valence-corrected chi connectivity index (χ1v) is 2.50. The Morgan fingerprint density at radius 3 is 2.11 bits per heavy atom. The minimum atomic E-state index is -0.880. The summed E-state index contributed by atoms with van der Waals surface area (Å²) in [5, 5.41) is 19.5. The van der Waals surface area contributed by atoms with Crippen LogP contribution in [-0.4, -0.2) is 10.1 Å². The third kappa shape index (κ3) is 1.17. The molecule has 0 aromatic heterocycles. The largest absolute Gasteiger partial charge is 0.573 e. The Morgan fingerprint density at radius 2 is 2.00 bits per heavy atom. The Hall–Kier alpha value is 0.110. The molecule has 0 amide bonds. The fourth-order valence-corrected chi connectivity index (χ4v) is 0.491. The molecule has 0 saturated carbocycles. The van der Waals surface area contributed by atoms with Crippen LogP contribution in [0.2, 0.25) is 0 Å². The molecule has 1 saturated heterocycles. The SMILES string of the molecule is NN1N(P)[NH+]([O-])O[NH+]1[O-]. The van der Waals surface area contributed by atoms with E-state index in [0.29, 0.717) is 5.23 Å². The maximum Gasteiger partial charge on any atom is 0.0769 e. The van der Waals surface area contributed by atoms with Gasteiger partial charge in [-0.15, -0.1) is 0 Å². The fourth-order valence-electron chi connectivity index (χ4n) is 0.344. The molecule has 1 heterocycles. The highest BCUT2D eigenvalue weighted by molar-refractivity contribution is 7.12. The highest BCUT2D eigenvalue weighted by Gasteiger charge is 2.33. The maximum absolute atomic E-state index is 10.3. The van der Waals surface area contributed by atoms with Crippen molar-refractivity contribution >= 4 is 9.39 Å². The molecule has 4 N–H and O–H groups in total. The number of nitrogens with one attached hydrogen (secondary N) is 2. The van der Waals surface area contributed by atoms with Gasteiger partial charge in [-0.25, -0.2) is 0 Å². The van der Waals surface area contributed by atoms with Crippen molar-refractivity contribution in [2.45, 2.75) is 0 Å². The standard InChI is InChI=1S/H6N5O3P/c1-2-3(9)5(7)8-4(2)6/h4-5H,1,9H2. The van der Waals surface area contributed by atoms with Crippen molar-refractivity contribution in [2.24, 2.45) is 5.84 Å². The lowest BCUT2D eigenvalue weighted by molar-refractivity contribution is -1.30. The third-order valence-electron chi connectivity index (χ3n) is 0.781. The molecule has 0 radical (unpaired) electrons. The van der Waals surface area contributed by atoms with Gasteiger partial charge < -0.3 is 10.4 Å². The van der Waals surface area contributed by atoms with Gasteiger partial charge in [0.05, 0.1) is 5.23 Å². The molecule has 1 fully saturated rings. The van der Waals surface area contributed by atoms with E-state index in [4.69, 9.17) is 5.84 Å². The van der Waals surface area contributed by atoms with Crippen LogP contribution >= 0.6 is 9.39 Å². The van der Waals surface area contributed by atoms with Crippen molar-refractivity contribution in [3.05, 3.63) is 10.4 Å². The topological polar surface area (TPSA) is 96.7 Å². The Morgan fingerprint density at radius 1 is 1.44 bits per heavy atom. The van der Waals surface area contributed by atoms with Gasteiger partial charge in [0.25, 0.3) is 0 Å². The maximum atomic E-state index is 10.3. The average molecular weight is 155 g/mol. The van der Waals surface area contributed by atoms with E-state index in [9.17, 15) is 10.4 Å². The van der Waals surface area contributed by atoms with Crippen LogP contribution in [0.4, 0.5) is 0 Å². The highest BCUT2D eigenvalue weighted by Crippen LogP contribution is 1.86. The molecular formula is H6N5O3P. The molecule has 54 valence electrons. The van der Waals surface area contributed by atoms with Gasteiger partial charge in [0.2, 0.25) is 0 Å². The predicted molar refractivity (Wildman–Crippen MR) is 27.3 cm³/mol. The van der Waals surface area contributed by atoms with Gasteiger partial charge in [-0.2, -0.15) is 5.84 Å². The molecule has 8 nitrogen and oxygen atoms in total. The van der Waals surface area contributed by atoms with E-state index in [1.165, 1.54) is 0 Å². The number of rotatable bonds is 0. The summed E-state index contributed by atoms with van der Waals surface area (Å²) < 4.78 is 0. The summed E-state index contributed by atoms with van der Waals surface area (Å²) in [7, 11) is 1.91. The molecule has 0 spiro atoms. The first-order chi connectivity index (χ1) is 4.13. The molecule has 1 aliphatic heterocycles. The van der Waals surface area contributed by atoms with Gasteiger partial charge in [0.1, 0.15) is 0 Å². The first kappa shape index (κ1) is 7.22. The molecule has 0 aromatic rings. The van der Waals surface area contributed by atoms with Crippen LogP contribution in [0, 0.1) is 10.4 Å². The number of nitrogens with two attached hydrogens (primary N) is 1. The van der Waals surface area contributed by atoms with Gasteiger partial charge >= 0.3 is 0 Å². The quantitative estimate of drug-likeness (QED) is 0.186. The van der Waals surface area contributed by atoms with Gasteiger partial charge in [0.15, 0.2) is 0 Å². The van der Waals surface area contributed by atoms with Crippen molar-refractivity contribution in [1.29, 1.82) is 0 Å². The summed E-state index contributed by atoms with van der Waals surface area (Å²) in [6.45, 7) is 0. The molecule has 3 atom stereocenters. The Kier molecular flexibility index (Phi) is 1.91. The Labute approximate surface area is 52.5 Å². The molecule has 1 rings (SSSR count). The summed E-state index contributed by atoms with van der Waals surface area (Å²) in [6, 6.07) is 0. The second-order valence-corrected chi connectivity index (χ2v) is 1.81. The zero-order valence-electron chi connectivity index (χ0n) is 4.27. The normalized spacial score (nSPS) is 40.0. The summed E-state index contributed by atoms with van der Waals surface area (Å²) in [5.41, 5.74) is 0. The van der Waals surface area contributed by atoms with Gasteiger partial charge in [-0.3, -0.25) is 0 Å². The van der Waals surface area contributed by atoms with Crippen molar-refractivity contribution in [3.8, 4) is 0 Å². The van der Waals surface area contributed by atoms with E-state index < -0.39 is 10.7 Å². The van der Waals surface area contributed by atoms with Crippen molar-refractivity contribution in [2.75, 3.05) is 0 Å². The Balaban J connectivity index is 2.54. The number of hydrazine groups is 2. The van der Waals surface area contributed by atoms with Gasteiger partial charge in [-0.1, -0.05) is 10.7 Å². The Bertz CT molecular complexity index is 96.4. The van der Waals surface area contributed by atoms with Crippen LogP contribution in [0.25, 0.3) is 0 Å². The molecular weight excluding hydrogens is 149 g/mol. The second kappa shape index (κ2) is 2.39. The molecule has 1 aliphatic rings. The smallest absolute Gasteiger partial charge is 0.0769 e.